The minimum Gasteiger partial charge on any atom is -1.00 e. The molecule has 7 heteroatoms. The lowest BCUT2D eigenvalue weighted by molar-refractivity contribution is -0.946. The topological polar surface area (TPSA) is 29.5 Å². The van der Waals surface area contributed by atoms with Crippen molar-refractivity contribution in [3.63, 3.8) is 0 Å². The molecule has 4 aliphatic rings. The van der Waals surface area contributed by atoms with Crippen molar-refractivity contribution in [3.05, 3.63) is 58.3 Å². The van der Waals surface area contributed by atoms with Crippen molar-refractivity contribution in [2.45, 2.75) is 44.2 Å². The van der Waals surface area contributed by atoms with Gasteiger partial charge in [-0.2, -0.15) is 11.8 Å². The lowest BCUT2D eigenvalue weighted by atomic mass is 9.82. The van der Waals surface area contributed by atoms with E-state index < -0.39 is 5.54 Å². The third-order valence-corrected chi connectivity index (χ3v) is 10.3. The van der Waals surface area contributed by atoms with Crippen LogP contribution >= 0.6 is 23.1 Å². The first-order valence-corrected chi connectivity index (χ1v) is 14.6. The van der Waals surface area contributed by atoms with Gasteiger partial charge >= 0.3 is 5.97 Å². The number of rotatable bonds is 8. The van der Waals surface area contributed by atoms with E-state index in [1.807, 2.05) is 11.8 Å². The summed E-state index contributed by atoms with van der Waals surface area (Å²) in [7, 11) is 0. The molecule has 1 unspecified atom stereocenters. The van der Waals surface area contributed by atoms with Gasteiger partial charge in [0.15, 0.2) is 11.6 Å². The Balaban J connectivity index is 0.00000274. The maximum Gasteiger partial charge on any atom is 0.332 e. The summed E-state index contributed by atoms with van der Waals surface area (Å²) in [6, 6.07) is 15.0. The van der Waals surface area contributed by atoms with Gasteiger partial charge in [0, 0.05) is 54.7 Å². The second-order valence-corrected chi connectivity index (χ2v) is 12.4. The highest BCUT2D eigenvalue weighted by molar-refractivity contribution is 7.99. The normalized spacial score (nSPS) is 28.6. The molecule has 0 aliphatic carbocycles. The molecule has 4 fully saturated rings. The van der Waals surface area contributed by atoms with Crippen LogP contribution in [0, 0.1) is 5.92 Å². The summed E-state index contributed by atoms with van der Waals surface area (Å²) in [5.74, 6) is 2.68. The highest BCUT2D eigenvalue weighted by atomic mass is 79.9. The van der Waals surface area contributed by atoms with Gasteiger partial charge in [-0.1, -0.05) is 36.4 Å². The molecule has 1 aromatic heterocycles. The molecule has 5 heterocycles. The maximum absolute atomic E-state index is 13.8. The van der Waals surface area contributed by atoms with Crippen LogP contribution < -0.4 is 17.0 Å². The quantitative estimate of drug-likeness (QED) is 0.361. The number of hydrogen-bond acceptors (Lipinski definition) is 5. The van der Waals surface area contributed by atoms with Crippen LogP contribution in [0.5, 0.6) is 0 Å². The van der Waals surface area contributed by atoms with Gasteiger partial charge in [0.05, 0.1) is 19.6 Å². The molecule has 186 valence electrons. The van der Waals surface area contributed by atoms with Gasteiger partial charge in [0.2, 0.25) is 0 Å². The van der Waals surface area contributed by atoms with E-state index >= 15 is 0 Å². The molecule has 6 rings (SSSR count). The average Bonchev–Trinajstić information content (AvgIpc) is 3.41. The van der Waals surface area contributed by atoms with E-state index in [9.17, 15) is 4.79 Å². The number of piperidine rings is 3. The van der Waals surface area contributed by atoms with Gasteiger partial charge in [0.25, 0.3) is 0 Å². The Morgan fingerprint density at radius 1 is 1.12 bits per heavy atom. The van der Waals surface area contributed by atoms with E-state index in [0.717, 1.165) is 46.9 Å². The summed E-state index contributed by atoms with van der Waals surface area (Å²) in [6.45, 7) is 8.69. The third kappa shape index (κ3) is 5.44. The molecule has 0 radical (unpaired) electrons. The zero-order valence-corrected chi connectivity index (χ0v) is 23.4. The van der Waals surface area contributed by atoms with E-state index in [0.29, 0.717) is 5.92 Å². The molecule has 0 amide bonds. The number of carbonyl (C=O) groups excluding carboxylic acids is 1. The molecule has 4 nitrogen and oxygen atoms in total. The first-order valence-electron chi connectivity index (χ1n) is 12.6. The zero-order valence-electron chi connectivity index (χ0n) is 20.2. The molecular weight excluding hydrogens is 528 g/mol. The van der Waals surface area contributed by atoms with Crippen LogP contribution in [0.3, 0.4) is 0 Å². The first kappa shape index (κ1) is 26.2. The minimum atomic E-state index is -0.667. The number of hydrogen-bond donors (Lipinski definition) is 0. The fraction of sp³-hybridized carbons (Fsp3) is 0.593. The molecule has 34 heavy (non-hydrogen) atoms. The molecular formula is C27H37BrN2O2S2. The SMILES string of the molecule is CC(C(=O)O[C@H]1C[N+]2(CCCc3ccccc3)CCC1CC2)(c1cccs1)N1CCSCC1.[Br-]. The summed E-state index contributed by atoms with van der Waals surface area (Å²) in [4.78, 5) is 17.3. The summed E-state index contributed by atoms with van der Waals surface area (Å²) >= 11 is 3.67. The van der Waals surface area contributed by atoms with Crippen molar-refractivity contribution in [2.24, 2.45) is 5.92 Å². The van der Waals surface area contributed by atoms with Crippen molar-refractivity contribution in [3.8, 4) is 0 Å². The fourth-order valence-corrected chi connectivity index (χ4v) is 7.94. The number of thiophene rings is 1. The van der Waals surface area contributed by atoms with Crippen LogP contribution in [0.15, 0.2) is 47.8 Å². The standard InChI is InChI=1S/C27H37N2O2S2.BrH/c1-27(25-10-6-18-33-25,28-13-19-32-20-14-28)26(30)31-24-21-29(16-11-23(24)12-17-29)15-5-9-22-7-3-2-4-8-22;/h2-4,6-8,10,18,23-24H,5,9,11-17,19-21H2,1H3;1H/q+1;/p-1/t23?,24-,27?,29?;/m0./s1. The van der Waals surface area contributed by atoms with Gasteiger partial charge in [-0.05, 0) is 30.4 Å². The van der Waals surface area contributed by atoms with E-state index in [4.69, 9.17) is 4.74 Å². The second kappa shape index (κ2) is 11.5. The molecule has 0 spiro atoms. The first-order chi connectivity index (χ1) is 16.1. The highest BCUT2D eigenvalue weighted by Crippen LogP contribution is 2.39. The van der Waals surface area contributed by atoms with Gasteiger partial charge < -0.3 is 26.2 Å². The number of benzene rings is 1. The molecule has 0 N–H and O–H groups in total. The Labute approximate surface area is 223 Å². The predicted octanol–water partition coefficient (Wildman–Crippen LogP) is 1.80. The molecule has 0 saturated carbocycles. The monoisotopic (exact) mass is 564 g/mol. The lowest BCUT2D eigenvalue weighted by Crippen LogP contribution is -3.00. The highest BCUT2D eigenvalue weighted by Gasteiger charge is 2.50. The van der Waals surface area contributed by atoms with Crippen LogP contribution in [0.1, 0.15) is 36.6 Å². The van der Waals surface area contributed by atoms with Crippen molar-refractivity contribution in [2.75, 3.05) is 50.8 Å². The average molecular weight is 566 g/mol. The van der Waals surface area contributed by atoms with E-state index in [-0.39, 0.29) is 29.1 Å². The van der Waals surface area contributed by atoms with Crippen LogP contribution in [-0.4, -0.2) is 72.2 Å². The van der Waals surface area contributed by atoms with Gasteiger partial charge in [-0.15, -0.1) is 11.3 Å². The fourth-order valence-electron chi connectivity index (χ4n) is 6.14. The molecule has 2 atom stereocenters. The van der Waals surface area contributed by atoms with Crippen molar-refractivity contribution >= 4 is 29.1 Å². The number of aryl methyl sites for hydroxylation is 1. The minimum absolute atomic E-state index is 0. The van der Waals surface area contributed by atoms with Crippen molar-refractivity contribution < 1.29 is 31.0 Å². The summed E-state index contributed by atoms with van der Waals surface area (Å²) < 4.78 is 7.60. The summed E-state index contributed by atoms with van der Waals surface area (Å²) in [6.07, 6.45) is 4.79. The molecule has 4 aliphatic heterocycles. The number of ether oxygens (including phenoxy) is 1. The smallest absolute Gasteiger partial charge is 0.332 e. The van der Waals surface area contributed by atoms with E-state index in [2.05, 4.69) is 59.7 Å². The van der Waals surface area contributed by atoms with E-state index in [1.54, 1.807) is 11.3 Å². The third-order valence-electron chi connectivity index (χ3n) is 8.28. The Morgan fingerprint density at radius 3 is 2.53 bits per heavy atom. The van der Waals surface area contributed by atoms with Crippen LogP contribution in [0.4, 0.5) is 0 Å². The van der Waals surface area contributed by atoms with Gasteiger partial charge in [-0.3, -0.25) is 4.90 Å². The van der Waals surface area contributed by atoms with Crippen LogP contribution in [0.25, 0.3) is 0 Å². The zero-order chi connectivity index (χ0) is 22.7. The number of carbonyl (C=O) groups is 1. The molecule has 1 aromatic carbocycles. The van der Waals surface area contributed by atoms with Crippen LogP contribution in [0.2, 0.25) is 0 Å². The number of quaternary nitrogens is 1. The number of nitrogens with zero attached hydrogens (tertiary/aromatic N) is 2. The maximum atomic E-state index is 13.8. The number of thioether (sulfide) groups is 1. The Kier molecular flexibility index (Phi) is 8.84. The van der Waals surface area contributed by atoms with Crippen LogP contribution in [-0.2, 0) is 21.5 Å². The van der Waals surface area contributed by atoms with Gasteiger partial charge in [-0.25, -0.2) is 4.79 Å². The van der Waals surface area contributed by atoms with Crippen molar-refractivity contribution in [1.82, 2.24) is 4.90 Å². The molecule has 2 aromatic rings. The van der Waals surface area contributed by atoms with E-state index in [1.165, 1.54) is 44.5 Å². The number of esters is 1. The number of fused-ring (bicyclic) bond motifs is 3. The molecule has 2 bridgehead atoms. The van der Waals surface area contributed by atoms with Gasteiger partial charge in [0.1, 0.15) is 6.54 Å². The second-order valence-electron chi connectivity index (χ2n) is 10.2. The predicted molar refractivity (Wildman–Crippen MR) is 138 cm³/mol. The Morgan fingerprint density at radius 2 is 1.85 bits per heavy atom. The number of halogens is 1. The lowest BCUT2D eigenvalue weighted by Gasteiger charge is -2.52. The summed E-state index contributed by atoms with van der Waals surface area (Å²) in [5, 5.41) is 2.08. The Bertz CT molecular complexity index is 912. The van der Waals surface area contributed by atoms with Crippen molar-refractivity contribution in [1.29, 1.82) is 0 Å². The largest absolute Gasteiger partial charge is 1.00 e. The summed E-state index contributed by atoms with van der Waals surface area (Å²) in [5.41, 5.74) is 0.760. The Hall–Kier alpha value is -0.860. The molecule has 4 saturated heterocycles.